The molecule has 0 amide bonds. The summed E-state index contributed by atoms with van der Waals surface area (Å²) in [5, 5.41) is 6.21. The van der Waals surface area contributed by atoms with E-state index in [9.17, 15) is 0 Å². The Hall–Kier alpha value is -5.08. The number of para-hydroxylation sites is 1. The minimum atomic E-state index is -0.118. The van der Waals surface area contributed by atoms with Crippen LogP contribution in [0.15, 0.2) is 140 Å². The lowest BCUT2D eigenvalue weighted by atomic mass is 9.74. The Balaban J connectivity index is 1.38. The molecule has 41 heavy (non-hydrogen) atoms. The van der Waals surface area contributed by atoms with E-state index in [1.54, 1.807) is 0 Å². The quantitative estimate of drug-likeness (QED) is 0.242. The number of benzene rings is 6. The normalized spacial score (nSPS) is 13.5. The first-order valence-corrected chi connectivity index (χ1v) is 14.3. The summed E-state index contributed by atoms with van der Waals surface area (Å²) in [5.74, 6) is 0. The highest BCUT2D eigenvalue weighted by atomic mass is 15.0. The molecule has 1 aliphatic rings. The van der Waals surface area contributed by atoms with E-state index in [-0.39, 0.29) is 5.41 Å². The zero-order valence-corrected chi connectivity index (χ0v) is 23.2. The Morgan fingerprint density at radius 2 is 1.00 bits per heavy atom. The summed E-state index contributed by atoms with van der Waals surface area (Å²) < 4.78 is 2.44. The number of hydrogen-bond donors (Lipinski definition) is 1. The lowest BCUT2D eigenvalue weighted by Crippen LogP contribution is -2.26. The summed E-state index contributed by atoms with van der Waals surface area (Å²) in [6.07, 6.45) is 0. The topological polar surface area (TPSA) is 17.0 Å². The molecule has 2 heterocycles. The second-order valence-electron chi connectivity index (χ2n) is 11.6. The zero-order chi connectivity index (χ0) is 27.6. The first kappa shape index (κ1) is 23.8. The van der Waals surface area contributed by atoms with Gasteiger partial charge >= 0.3 is 0 Å². The molecule has 196 valence electrons. The molecule has 1 aliphatic heterocycles. The molecule has 7 aromatic rings. The molecule has 2 heteroatoms. The molecule has 8 rings (SSSR count). The number of rotatable bonds is 3. The van der Waals surface area contributed by atoms with E-state index in [0.29, 0.717) is 0 Å². The summed E-state index contributed by atoms with van der Waals surface area (Å²) in [6, 6.07) is 50.7. The Bertz CT molecular complexity index is 1990. The summed E-state index contributed by atoms with van der Waals surface area (Å²) in [4.78, 5) is 0. The fourth-order valence-electron chi connectivity index (χ4n) is 6.65. The third-order valence-corrected chi connectivity index (χ3v) is 8.78. The molecule has 1 N–H and O–H groups in total. The van der Waals surface area contributed by atoms with Gasteiger partial charge in [0, 0.05) is 33.2 Å². The van der Waals surface area contributed by atoms with Crippen molar-refractivity contribution in [3.8, 4) is 27.9 Å². The van der Waals surface area contributed by atoms with E-state index in [1.165, 1.54) is 72.2 Å². The summed E-state index contributed by atoms with van der Waals surface area (Å²) >= 11 is 0. The van der Waals surface area contributed by atoms with Crippen molar-refractivity contribution < 1.29 is 0 Å². The minimum absolute atomic E-state index is 0.118. The largest absolute Gasteiger partial charge is 0.355 e. The standard InChI is InChI=1S/C39H30N2/c1-39(2)33-15-9-10-16-35(33)40-36-20-19-30(25-34(36)39)41-37-21-17-28(26-11-5-3-6-12-26)23-31(37)32-24-29(18-22-38(32)41)27-13-7-4-8-14-27/h3-25,40H,1-2H3. The maximum atomic E-state index is 3.68. The van der Waals surface area contributed by atoms with Gasteiger partial charge in [0.1, 0.15) is 0 Å². The van der Waals surface area contributed by atoms with Crippen LogP contribution < -0.4 is 5.32 Å². The third kappa shape index (κ3) is 3.72. The van der Waals surface area contributed by atoms with Gasteiger partial charge in [0.2, 0.25) is 0 Å². The van der Waals surface area contributed by atoms with Crippen molar-refractivity contribution in [2.45, 2.75) is 19.3 Å². The van der Waals surface area contributed by atoms with Crippen LogP contribution in [0.4, 0.5) is 11.4 Å². The Kier molecular flexibility index (Phi) is 5.20. The average molecular weight is 527 g/mol. The fraction of sp³-hybridized carbons (Fsp3) is 0.0769. The van der Waals surface area contributed by atoms with Crippen molar-refractivity contribution in [2.75, 3.05) is 5.32 Å². The van der Waals surface area contributed by atoms with Crippen LogP contribution in [0.2, 0.25) is 0 Å². The van der Waals surface area contributed by atoms with Crippen LogP contribution >= 0.6 is 0 Å². The smallest absolute Gasteiger partial charge is 0.0541 e. The maximum absolute atomic E-state index is 3.68. The molecular weight excluding hydrogens is 496 g/mol. The number of aromatic nitrogens is 1. The van der Waals surface area contributed by atoms with Gasteiger partial charge in [0.15, 0.2) is 0 Å². The van der Waals surface area contributed by atoms with Gasteiger partial charge in [-0.05, 0) is 81.9 Å². The average Bonchev–Trinajstić information content (AvgIpc) is 3.35. The van der Waals surface area contributed by atoms with Gasteiger partial charge < -0.3 is 9.88 Å². The molecule has 0 unspecified atom stereocenters. The molecule has 0 fully saturated rings. The molecule has 1 aromatic heterocycles. The summed E-state index contributed by atoms with van der Waals surface area (Å²) in [6.45, 7) is 4.67. The number of fused-ring (bicyclic) bond motifs is 5. The lowest BCUT2D eigenvalue weighted by molar-refractivity contribution is 0.637. The van der Waals surface area contributed by atoms with Crippen LogP contribution in [0.5, 0.6) is 0 Å². The highest BCUT2D eigenvalue weighted by Gasteiger charge is 2.32. The van der Waals surface area contributed by atoms with Crippen LogP contribution in [0, 0.1) is 0 Å². The van der Waals surface area contributed by atoms with Crippen LogP contribution in [0.25, 0.3) is 49.7 Å². The molecule has 2 nitrogen and oxygen atoms in total. The molecule has 0 aliphatic carbocycles. The van der Waals surface area contributed by atoms with Gasteiger partial charge in [-0.1, -0.05) is 105 Å². The van der Waals surface area contributed by atoms with E-state index < -0.39 is 0 Å². The minimum Gasteiger partial charge on any atom is -0.355 e. The highest BCUT2D eigenvalue weighted by Crippen LogP contribution is 2.46. The molecule has 0 bridgehead atoms. The molecule has 0 saturated heterocycles. The van der Waals surface area contributed by atoms with Crippen LogP contribution in [0.3, 0.4) is 0 Å². The van der Waals surface area contributed by atoms with Gasteiger partial charge in [-0.25, -0.2) is 0 Å². The van der Waals surface area contributed by atoms with Gasteiger partial charge in [0.05, 0.1) is 11.0 Å². The Labute approximate surface area is 240 Å². The van der Waals surface area contributed by atoms with Crippen LogP contribution in [-0.2, 0) is 5.41 Å². The van der Waals surface area contributed by atoms with E-state index in [0.717, 1.165) is 0 Å². The van der Waals surface area contributed by atoms with E-state index in [4.69, 9.17) is 0 Å². The van der Waals surface area contributed by atoms with Crippen molar-refractivity contribution in [2.24, 2.45) is 0 Å². The van der Waals surface area contributed by atoms with Gasteiger partial charge in [-0.15, -0.1) is 0 Å². The predicted molar refractivity (Wildman–Crippen MR) is 174 cm³/mol. The monoisotopic (exact) mass is 526 g/mol. The Morgan fingerprint density at radius 1 is 0.463 bits per heavy atom. The third-order valence-electron chi connectivity index (χ3n) is 8.78. The molecule has 0 radical (unpaired) electrons. The SMILES string of the molecule is CC1(C)c2ccccc2Nc2ccc(-n3c4ccc(-c5ccccc5)cc4c4cc(-c5ccccc5)ccc43)cc21. The maximum Gasteiger partial charge on any atom is 0.0541 e. The van der Waals surface area contributed by atoms with Crippen molar-refractivity contribution >= 4 is 33.2 Å². The summed E-state index contributed by atoms with van der Waals surface area (Å²) in [5.41, 5.74) is 13.4. The lowest BCUT2D eigenvalue weighted by Gasteiger charge is -2.36. The van der Waals surface area contributed by atoms with Crippen LogP contribution in [-0.4, -0.2) is 4.57 Å². The predicted octanol–water partition coefficient (Wildman–Crippen LogP) is 10.5. The number of nitrogens with one attached hydrogen (secondary N) is 1. The van der Waals surface area contributed by atoms with Crippen LogP contribution in [0.1, 0.15) is 25.0 Å². The number of hydrogen-bond acceptors (Lipinski definition) is 1. The fourth-order valence-corrected chi connectivity index (χ4v) is 6.65. The molecule has 6 aromatic carbocycles. The second kappa shape index (κ2) is 8.97. The van der Waals surface area contributed by atoms with Crippen molar-refractivity contribution in [3.63, 3.8) is 0 Å². The zero-order valence-electron chi connectivity index (χ0n) is 23.2. The van der Waals surface area contributed by atoms with Gasteiger partial charge in [-0.2, -0.15) is 0 Å². The highest BCUT2D eigenvalue weighted by molar-refractivity contribution is 6.11. The molecule has 0 atom stereocenters. The first-order chi connectivity index (χ1) is 20.1. The first-order valence-electron chi connectivity index (χ1n) is 14.3. The molecular formula is C39H30N2. The second-order valence-corrected chi connectivity index (χ2v) is 11.6. The van der Waals surface area contributed by atoms with Gasteiger partial charge in [-0.3, -0.25) is 0 Å². The van der Waals surface area contributed by atoms with Crippen molar-refractivity contribution in [1.82, 2.24) is 4.57 Å². The van der Waals surface area contributed by atoms with E-state index in [1.807, 2.05) is 0 Å². The van der Waals surface area contributed by atoms with E-state index in [2.05, 4.69) is 163 Å². The Morgan fingerprint density at radius 3 is 1.61 bits per heavy atom. The van der Waals surface area contributed by atoms with Crippen molar-refractivity contribution in [1.29, 1.82) is 0 Å². The molecule has 0 saturated carbocycles. The summed E-state index contributed by atoms with van der Waals surface area (Å²) in [7, 11) is 0. The number of anilines is 2. The molecule has 0 spiro atoms. The van der Waals surface area contributed by atoms with Gasteiger partial charge in [0.25, 0.3) is 0 Å². The van der Waals surface area contributed by atoms with E-state index >= 15 is 0 Å². The van der Waals surface area contributed by atoms with Crippen molar-refractivity contribution in [3.05, 3.63) is 151 Å². The number of nitrogens with zero attached hydrogens (tertiary/aromatic N) is 1.